The van der Waals surface area contributed by atoms with Gasteiger partial charge in [0.2, 0.25) is 5.91 Å². The lowest BCUT2D eigenvalue weighted by Crippen LogP contribution is -2.22. The van der Waals surface area contributed by atoms with Crippen molar-refractivity contribution in [3.8, 4) is 11.4 Å². The normalized spacial score (nSPS) is 10.4. The van der Waals surface area contributed by atoms with Crippen LogP contribution in [0, 0.1) is 0 Å². The molecule has 0 saturated carbocycles. The number of nitrogens with one attached hydrogen (secondary N) is 2. The van der Waals surface area contributed by atoms with Crippen LogP contribution in [0.3, 0.4) is 0 Å². The molecule has 3 rings (SSSR count). The van der Waals surface area contributed by atoms with E-state index in [0.717, 1.165) is 5.69 Å². The largest absolute Gasteiger partial charge is 0.492 e. The van der Waals surface area contributed by atoms with E-state index in [0.29, 0.717) is 28.8 Å². The summed E-state index contributed by atoms with van der Waals surface area (Å²) in [5, 5.41) is 10.5. The van der Waals surface area contributed by atoms with Crippen LogP contribution in [-0.2, 0) is 4.79 Å². The van der Waals surface area contributed by atoms with Crippen molar-refractivity contribution in [2.24, 2.45) is 0 Å². The molecule has 26 heavy (non-hydrogen) atoms. The molecule has 0 radical (unpaired) electrons. The van der Waals surface area contributed by atoms with Crippen LogP contribution >= 0.6 is 11.6 Å². The zero-order valence-corrected chi connectivity index (χ0v) is 14.9. The first-order chi connectivity index (χ1) is 12.7. The molecule has 0 bridgehead atoms. The number of amides is 1. The maximum atomic E-state index is 12.4. The van der Waals surface area contributed by atoms with Gasteiger partial charge in [0, 0.05) is 5.02 Å². The molecule has 1 aromatic heterocycles. The second-order valence-electron chi connectivity index (χ2n) is 5.33. The minimum atomic E-state index is -0.222. The predicted octanol–water partition coefficient (Wildman–Crippen LogP) is 3.37. The van der Waals surface area contributed by atoms with Crippen molar-refractivity contribution in [2.45, 2.75) is 6.92 Å². The Morgan fingerprint density at radius 2 is 2.08 bits per heavy atom. The van der Waals surface area contributed by atoms with Crippen LogP contribution in [0.15, 0.2) is 55.1 Å². The maximum absolute atomic E-state index is 12.4. The highest BCUT2D eigenvalue weighted by Crippen LogP contribution is 2.25. The Balaban J connectivity index is 1.70. The molecule has 1 amide bonds. The van der Waals surface area contributed by atoms with Crippen molar-refractivity contribution < 1.29 is 9.53 Å². The predicted molar refractivity (Wildman–Crippen MR) is 101 cm³/mol. The van der Waals surface area contributed by atoms with Crippen molar-refractivity contribution in [1.82, 2.24) is 14.8 Å². The van der Waals surface area contributed by atoms with Crippen LogP contribution in [0.1, 0.15) is 6.92 Å². The number of carbonyl (C=O) groups is 1. The van der Waals surface area contributed by atoms with Crippen molar-refractivity contribution >= 4 is 28.9 Å². The summed E-state index contributed by atoms with van der Waals surface area (Å²) < 4.78 is 7.10. The van der Waals surface area contributed by atoms with Gasteiger partial charge in [-0.25, -0.2) is 9.67 Å². The first-order valence-electron chi connectivity index (χ1n) is 8.07. The summed E-state index contributed by atoms with van der Waals surface area (Å²) in [4.78, 5) is 16.3. The number of halogens is 1. The number of nitrogens with zero attached hydrogens (tertiary/aromatic N) is 3. The standard InChI is InChI=1S/C18H18ClN5O2/c1-2-26-17-6-4-3-5-14(17)21-10-18(25)23-15-9-13(19)7-8-16(15)24-12-20-11-22-24/h3-9,11-12,21H,2,10H2,1H3,(H,23,25). The van der Waals surface area contributed by atoms with Gasteiger partial charge >= 0.3 is 0 Å². The number of hydrogen-bond donors (Lipinski definition) is 2. The van der Waals surface area contributed by atoms with E-state index in [2.05, 4.69) is 20.7 Å². The van der Waals surface area contributed by atoms with Gasteiger partial charge in [-0.3, -0.25) is 4.79 Å². The Labute approximate surface area is 156 Å². The number of anilines is 2. The van der Waals surface area contributed by atoms with Crippen molar-refractivity contribution in [3.63, 3.8) is 0 Å². The van der Waals surface area contributed by atoms with Gasteiger partial charge in [-0.2, -0.15) is 5.10 Å². The molecule has 0 aliphatic rings. The average molecular weight is 372 g/mol. The van der Waals surface area contributed by atoms with Gasteiger partial charge in [0.25, 0.3) is 0 Å². The number of carbonyl (C=O) groups excluding carboxylic acids is 1. The number of aromatic nitrogens is 3. The van der Waals surface area contributed by atoms with E-state index < -0.39 is 0 Å². The maximum Gasteiger partial charge on any atom is 0.243 e. The number of para-hydroxylation sites is 2. The number of hydrogen-bond acceptors (Lipinski definition) is 5. The molecule has 2 N–H and O–H groups in total. The van der Waals surface area contributed by atoms with Crippen LogP contribution in [0.5, 0.6) is 5.75 Å². The van der Waals surface area contributed by atoms with Gasteiger partial charge in [-0.15, -0.1) is 0 Å². The molecule has 0 atom stereocenters. The van der Waals surface area contributed by atoms with Crippen molar-refractivity contribution in [1.29, 1.82) is 0 Å². The van der Waals surface area contributed by atoms with Crippen LogP contribution in [0.2, 0.25) is 5.02 Å². The minimum Gasteiger partial charge on any atom is -0.492 e. The third-order valence-corrected chi connectivity index (χ3v) is 3.76. The smallest absolute Gasteiger partial charge is 0.243 e. The highest BCUT2D eigenvalue weighted by atomic mass is 35.5. The fraction of sp³-hybridized carbons (Fsp3) is 0.167. The van der Waals surface area contributed by atoms with Gasteiger partial charge in [0.1, 0.15) is 18.4 Å². The summed E-state index contributed by atoms with van der Waals surface area (Å²) in [5.74, 6) is 0.480. The van der Waals surface area contributed by atoms with Crippen molar-refractivity contribution in [3.05, 3.63) is 60.1 Å². The second-order valence-corrected chi connectivity index (χ2v) is 5.77. The number of benzene rings is 2. The monoisotopic (exact) mass is 371 g/mol. The van der Waals surface area contributed by atoms with Gasteiger partial charge in [0.15, 0.2) is 0 Å². The molecule has 7 nitrogen and oxygen atoms in total. The Morgan fingerprint density at radius 3 is 2.85 bits per heavy atom. The van der Waals surface area contributed by atoms with Crippen LogP contribution in [0.25, 0.3) is 5.69 Å². The van der Waals surface area contributed by atoms with E-state index in [1.54, 1.807) is 29.2 Å². The highest BCUT2D eigenvalue weighted by molar-refractivity contribution is 6.31. The molecule has 0 aliphatic heterocycles. The lowest BCUT2D eigenvalue weighted by Gasteiger charge is -2.14. The second kappa shape index (κ2) is 8.35. The molecule has 0 aliphatic carbocycles. The summed E-state index contributed by atoms with van der Waals surface area (Å²) >= 11 is 6.06. The first kappa shape index (κ1) is 17.8. The molecule has 3 aromatic rings. The third-order valence-electron chi connectivity index (χ3n) is 3.52. The fourth-order valence-electron chi connectivity index (χ4n) is 2.40. The summed E-state index contributed by atoms with van der Waals surface area (Å²) in [6, 6.07) is 12.6. The zero-order chi connectivity index (χ0) is 18.4. The molecule has 0 spiro atoms. The van der Waals surface area contributed by atoms with Gasteiger partial charge in [-0.05, 0) is 37.3 Å². The van der Waals surface area contributed by atoms with E-state index in [1.165, 1.54) is 6.33 Å². The van der Waals surface area contributed by atoms with E-state index in [1.807, 2.05) is 31.2 Å². The Bertz CT molecular complexity index is 883. The lowest BCUT2D eigenvalue weighted by molar-refractivity contribution is -0.114. The number of rotatable bonds is 7. The first-order valence-corrected chi connectivity index (χ1v) is 8.45. The van der Waals surface area contributed by atoms with Crippen LogP contribution in [-0.4, -0.2) is 33.8 Å². The SMILES string of the molecule is CCOc1ccccc1NCC(=O)Nc1cc(Cl)ccc1-n1cncn1. The lowest BCUT2D eigenvalue weighted by atomic mass is 10.2. The average Bonchev–Trinajstić information content (AvgIpc) is 3.16. The molecule has 1 heterocycles. The number of ether oxygens (including phenoxy) is 1. The van der Waals surface area contributed by atoms with Gasteiger partial charge in [-0.1, -0.05) is 23.7 Å². The van der Waals surface area contributed by atoms with E-state index in [-0.39, 0.29) is 12.5 Å². The summed E-state index contributed by atoms with van der Waals surface area (Å²) in [6.45, 7) is 2.54. The summed E-state index contributed by atoms with van der Waals surface area (Å²) in [5.41, 5.74) is 1.98. The Hall–Kier alpha value is -3.06. The molecular formula is C18H18ClN5O2. The van der Waals surface area contributed by atoms with Crippen molar-refractivity contribution in [2.75, 3.05) is 23.8 Å². The Kier molecular flexibility index (Phi) is 5.70. The summed E-state index contributed by atoms with van der Waals surface area (Å²) in [7, 11) is 0. The zero-order valence-electron chi connectivity index (χ0n) is 14.1. The molecular weight excluding hydrogens is 354 g/mol. The van der Waals surface area contributed by atoms with Gasteiger partial charge < -0.3 is 15.4 Å². The van der Waals surface area contributed by atoms with Crippen LogP contribution in [0.4, 0.5) is 11.4 Å². The molecule has 8 heteroatoms. The topological polar surface area (TPSA) is 81.1 Å². The quantitative estimate of drug-likeness (QED) is 0.665. The van der Waals surface area contributed by atoms with Crippen LogP contribution < -0.4 is 15.4 Å². The molecule has 134 valence electrons. The molecule has 2 aromatic carbocycles. The molecule has 0 saturated heterocycles. The van der Waals surface area contributed by atoms with E-state index in [4.69, 9.17) is 16.3 Å². The molecule has 0 fully saturated rings. The highest BCUT2D eigenvalue weighted by Gasteiger charge is 2.11. The van der Waals surface area contributed by atoms with E-state index >= 15 is 0 Å². The fourth-order valence-corrected chi connectivity index (χ4v) is 2.58. The Morgan fingerprint density at radius 1 is 1.23 bits per heavy atom. The molecule has 0 unspecified atom stereocenters. The summed E-state index contributed by atoms with van der Waals surface area (Å²) in [6.07, 6.45) is 2.97. The minimum absolute atomic E-state index is 0.0768. The third kappa shape index (κ3) is 4.31. The van der Waals surface area contributed by atoms with E-state index in [9.17, 15) is 4.79 Å². The van der Waals surface area contributed by atoms with Gasteiger partial charge in [0.05, 0.1) is 30.2 Å².